The number of carbonyl (C=O) groups is 1. The molecule has 0 aliphatic carbocycles. The molecule has 25 heavy (non-hydrogen) atoms. The van der Waals surface area contributed by atoms with Crippen molar-refractivity contribution in [1.29, 1.82) is 0 Å². The Morgan fingerprint density at radius 2 is 1.76 bits per heavy atom. The van der Waals surface area contributed by atoms with Crippen LogP contribution in [0.1, 0.15) is 48.2 Å². The number of halogens is 1. The highest BCUT2D eigenvalue weighted by molar-refractivity contribution is 7.20. The maximum atomic E-state index is 14.5. The largest absolute Gasteiger partial charge is 0.412 e. The van der Waals surface area contributed by atoms with Crippen molar-refractivity contribution >= 4 is 27.4 Å². The van der Waals surface area contributed by atoms with Gasteiger partial charge < -0.3 is 4.74 Å². The lowest BCUT2D eigenvalue weighted by atomic mass is 10.1. The number of fused-ring (bicyclic) bond motifs is 1. The summed E-state index contributed by atoms with van der Waals surface area (Å²) in [5.74, 6) is -0.612. The van der Waals surface area contributed by atoms with Crippen molar-refractivity contribution in [3.63, 3.8) is 0 Å². The molecule has 3 rings (SSSR count). The van der Waals surface area contributed by atoms with Gasteiger partial charge in [0.25, 0.3) is 0 Å². The van der Waals surface area contributed by atoms with Gasteiger partial charge in [0.15, 0.2) is 5.06 Å². The highest BCUT2D eigenvalue weighted by Crippen LogP contribution is 2.35. The number of benzene rings is 2. The Balaban J connectivity index is 1.80. The molecule has 0 N–H and O–H groups in total. The monoisotopic (exact) mass is 356 g/mol. The highest BCUT2D eigenvalue weighted by Gasteiger charge is 2.14. The summed E-state index contributed by atoms with van der Waals surface area (Å²) in [4.78, 5) is 12.3. The third-order valence-electron chi connectivity index (χ3n) is 4.12. The molecular weight excluding hydrogens is 335 g/mol. The molecule has 1 aromatic heterocycles. The number of ether oxygens (including phenoxy) is 1. The van der Waals surface area contributed by atoms with E-state index in [0.717, 1.165) is 24.6 Å². The third-order valence-corrected chi connectivity index (χ3v) is 5.15. The molecule has 0 aliphatic rings. The van der Waals surface area contributed by atoms with Crippen molar-refractivity contribution in [2.45, 2.75) is 39.5 Å². The summed E-state index contributed by atoms with van der Waals surface area (Å²) in [6, 6.07) is 12.9. The predicted octanol–water partition coefficient (Wildman–Crippen LogP) is 6.16. The van der Waals surface area contributed by atoms with Crippen molar-refractivity contribution < 1.29 is 13.9 Å². The van der Waals surface area contributed by atoms with E-state index in [0.29, 0.717) is 27.3 Å². The van der Waals surface area contributed by atoms with Crippen LogP contribution in [0.5, 0.6) is 5.06 Å². The highest BCUT2D eigenvalue weighted by atomic mass is 32.1. The second-order valence-corrected chi connectivity index (χ2v) is 7.12. The van der Waals surface area contributed by atoms with Crippen LogP contribution in [0.3, 0.4) is 0 Å². The van der Waals surface area contributed by atoms with Gasteiger partial charge in [0.05, 0.1) is 10.3 Å². The summed E-state index contributed by atoms with van der Waals surface area (Å²) in [5.41, 5.74) is 2.41. The topological polar surface area (TPSA) is 26.3 Å². The minimum Gasteiger partial charge on any atom is -0.412 e. The SMILES string of the molecule is CCCc1ccc(C(=O)Oc2cc3ccc(CCC)c(F)c3s2)cc1. The van der Waals surface area contributed by atoms with E-state index >= 15 is 0 Å². The van der Waals surface area contributed by atoms with Crippen molar-refractivity contribution in [2.75, 3.05) is 0 Å². The lowest BCUT2D eigenvalue weighted by Gasteiger charge is -2.03. The number of rotatable bonds is 6. The van der Waals surface area contributed by atoms with Gasteiger partial charge in [-0.3, -0.25) is 0 Å². The molecule has 4 heteroatoms. The van der Waals surface area contributed by atoms with Crippen LogP contribution in [0.4, 0.5) is 4.39 Å². The van der Waals surface area contributed by atoms with Gasteiger partial charge in [0, 0.05) is 6.07 Å². The van der Waals surface area contributed by atoms with E-state index in [1.807, 2.05) is 31.2 Å². The van der Waals surface area contributed by atoms with Crippen LogP contribution in [0.15, 0.2) is 42.5 Å². The second-order valence-electron chi connectivity index (χ2n) is 6.11. The average molecular weight is 356 g/mol. The molecule has 0 fully saturated rings. The number of esters is 1. The standard InChI is InChI=1S/C21H21FO2S/c1-3-5-14-7-9-16(10-8-14)21(23)24-18-13-17-12-11-15(6-4-2)19(22)20(17)25-18/h7-13H,3-6H2,1-2H3. The summed E-state index contributed by atoms with van der Waals surface area (Å²) in [6.07, 6.45) is 3.66. The summed E-state index contributed by atoms with van der Waals surface area (Å²) >= 11 is 1.18. The molecule has 0 radical (unpaired) electrons. The predicted molar refractivity (Wildman–Crippen MR) is 101 cm³/mol. The fourth-order valence-corrected chi connectivity index (χ4v) is 3.82. The molecule has 0 atom stereocenters. The van der Waals surface area contributed by atoms with Gasteiger partial charge in [-0.15, -0.1) is 0 Å². The van der Waals surface area contributed by atoms with E-state index in [9.17, 15) is 9.18 Å². The number of hydrogen-bond donors (Lipinski definition) is 0. The molecular formula is C21H21FO2S. The van der Waals surface area contributed by atoms with E-state index in [1.54, 1.807) is 18.2 Å². The maximum absolute atomic E-state index is 14.5. The number of hydrogen-bond acceptors (Lipinski definition) is 3. The first-order chi connectivity index (χ1) is 12.1. The summed E-state index contributed by atoms with van der Waals surface area (Å²) in [5, 5.41) is 1.19. The molecule has 0 saturated heterocycles. The van der Waals surface area contributed by atoms with Crippen LogP contribution >= 0.6 is 11.3 Å². The minimum absolute atomic E-state index is 0.199. The lowest BCUT2D eigenvalue weighted by molar-refractivity contribution is 0.0741. The second kappa shape index (κ2) is 7.79. The molecule has 0 spiro atoms. The fraction of sp³-hybridized carbons (Fsp3) is 0.286. The molecule has 0 unspecified atom stereocenters. The maximum Gasteiger partial charge on any atom is 0.344 e. The van der Waals surface area contributed by atoms with Gasteiger partial charge in [0.1, 0.15) is 5.82 Å². The molecule has 130 valence electrons. The van der Waals surface area contributed by atoms with Gasteiger partial charge in [-0.25, -0.2) is 9.18 Å². The first kappa shape index (κ1) is 17.6. The Kier molecular flexibility index (Phi) is 5.49. The molecule has 0 bridgehead atoms. The zero-order valence-corrected chi connectivity index (χ0v) is 15.3. The van der Waals surface area contributed by atoms with Crippen LogP contribution < -0.4 is 4.74 Å². The number of aryl methyl sites for hydroxylation is 2. The van der Waals surface area contributed by atoms with Crippen molar-refractivity contribution in [3.05, 3.63) is 65.0 Å². The van der Waals surface area contributed by atoms with Crippen molar-refractivity contribution in [2.24, 2.45) is 0 Å². The van der Waals surface area contributed by atoms with Crippen LogP contribution in [0.2, 0.25) is 0 Å². The molecule has 0 saturated carbocycles. The third kappa shape index (κ3) is 3.90. The van der Waals surface area contributed by atoms with Gasteiger partial charge in [0.2, 0.25) is 0 Å². The Morgan fingerprint density at radius 3 is 2.44 bits per heavy atom. The van der Waals surface area contributed by atoms with Crippen molar-refractivity contribution in [3.8, 4) is 5.06 Å². The van der Waals surface area contributed by atoms with E-state index in [4.69, 9.17) is 4.74 Å². The zero-order chi connectivity index (χ0) is 17.8. The van der Waals surface area contributed by atoms with Crippen LogP contribution in [0, 0.1) is 5.82 Å². The Hall–Kier alpha value is -2.20. The number of thiophene rings is 1. The zero-order valence-electron chi connectivity index (χ0n) is 14.5. The van der Waals surface area contributed by atoms with Gasteiger partial charge in [-0.2, -0.15) is 0 Å². The molecule has 2 aromatic carbocycles. The quantitative estimate of drug-likeness (QED) is 0.494. The number of carbonyl (C=O) groups excluding carboxylic acids is 1. The molecule has 1 heterocycles. The van der Waals surface area contributed by atoms with E-state index in [-0.39, 0.29) is 5.82 Å². The summed E-state index contributed by atoms with van der Waals surface area (Å²) in [6.45, 7) is 4.14. The molecule has 3 aromatic rings. The summed E-state index contributed by atoms with van der Waals surface area (Å²) in [7, 11) is 0. The van der Waals surface area contributed by atoms with Gasteiger partial charge in [-0.1, -0.05) is 62.3 Å². The van der Waals surface area contributed by atoms with Gasteiger partial charge >= 0.3 is 5.97 Å². The fourth-order valence-electron chi connectivity index (χ4n) is 2.85. The Labute approximate surface area is 151 Å². The van der Waals surface area contributed by atoms with E-state index in [2.05, 4.69) is 6.92 Å². The van der Waals surface area contributed by atoms with Crippen LogP contribution in [-0.4, -0.2) is 5.97 Å². The Bertz CT molecular complexity index is 881. The van der Waals surface area contributed by atoms with Crippen LogP contribution in [0.25, 0.3) is 10.1 Å². The van der Waals surface area contributed by atoms with E-state index in [1.165, 1.54) is 16.9 Å². The molecule has 0 aliphatic heterocycles. The molecule has 2 nitrogen and oxygen atoms in total. The average Bonchev–Trinajstić information content (AvgIpc) is 3.02. The first-order valence-corrected chi connectivity index (χ1v) is 9.46. The van der Waals surface area contributed by atoms with Crippen LogP contribution in [-0.2, 0) is 12.8 Å². The van der Waals surface area contributed by atoms with E-state index < -0.39 is 5.97 Å². The normalized spacial score (nSPS) is 11.0. The summed E-state index contributed by atoms with van der Waals surface area (Å²) < 4.78 is 20.5. The molecule has 0 amide bonds. The Morgan fingerprint density at radius 1 is 1.04 bits per heavy atom. The lowest BCUT2D eigenvalue weighted by Crippen LogP contribution is -2.07. The van der Waals surface area contributed by atoms with Crippen molar-refractivity contribution in [1.82, 2.24) is 0 Å². The minimum atomic E-state index is -0.413. The smallest absolute Gasteiger partial charge is 0.344 e. The first-order valence-electron chi connectivity index (χ1n) is 8.64. The van der Waals surface area contributed by atoms with Gasteiger partial charge in [-0.05, 0) is 41.5 Å².